The zero-order valence-electron chi connectivity index (χ0n) is 11.1. The molecule has 6 heteroatoms. The molecule has 21 heavy (non-hydrogen) atoms. The van der Waals surface area contributed by atoms with Crippen molar-refractivity contribution < 1.29 is 18.7 Å². The molecule has 0 fully saturated rings. The van der Waals surface area contributed by atoms with Gasteiger partial charge in [0.15, 0.2) is 5.58 Å². The molecule has 0 aliphatic carbocycles. The Kier molecular flexibility index (Phi) is 3.22. The molecular formula is C15H11ClFNO3. The third kappa shape index (κ3) is 2.40. The van der Waals surface area contributed by atoms with Crippen molar-refractivity contribution in [3.05, 3.63) is 58.2 Å². The van der Waals surface area contributed by atoms with Crippen LogP contribution in [0.25, 0.3) is 11.1 Å². The number of carboxylic acid groups (broad SMARTS) is 1. The summed E-state index contributed by atoms with van der Waals surface area (Å²) in [6.45, 7) is 2.06. The molecule has 2 aromatic heterocycles. The average Bonchev–Trinajstić information content (AvgIpc) is 2.92. The lowest BCUT2D eigenvalue weighted by Gasteiger charge is -2.08. The predicted octanol–water partition coefficient (Wildman–Crippen LogP) is 4.08. The zero-order chi connectivity index (χ0) is 15.1. The molecule has 108 valence electrons. The van der Waals surface area contributed by atoms with Gasteiger partial charge in [-0.1, -0.05) is 17.7 Å². The first-order valence-electron chi connectivity index (χ1n) is 6.22. The number of aryl methyl sites for hydroxylation is 1. The first kappa shape index (κ1) is 13.7. The fourth-order valence-electron chi connectivity index (χ4n) is 2.33. The molecule has 0 aliphatic heterocycles. The van der Waals surface area contributed by atoms with Gasteiger partial charge in [0.05, 0.1) is 10.5 Å². The first-order valence-corrected chi connectivity index (χ1v) is 6.60. The number of fused-ring (bicyclic) bond motifs is 1. The van der Waals surface area contributed by atoms with Gasteiger partial charge in [-0.3, -0.25) is 0 Å². The van der Waals surface area contributed by atoms with Gasteiger partial charge in [-0.15, -0.1) is 0 Å². The van der Waals surface area contributed by atoms with Gasteiger partial charge < -0.3 is 14.1 Å². The summed E-state index contributed by atoms with van der Waals surface area (Å²) in [6, 6.07) is 7.58. The molecule has 0 aliphatic rings. The normalized spacial score (nSPS) is 11.2. The number of benzene rings is 1. The molecule has 2 heterocycles. The quantitative estimate of drug-likeness (QED) is 0.793. The van der Waals surface area contributed by atoms with Gasteiger partial charge in [0.1, 0.15) is 17.3 Å². The number of aromatic nitrogens is 1. The highest BCUT2D eigenvalue weighted by Gasteiger charge is 2.18. The summed E-state index contributed by atoms with van der Waals surface area (Å²) in [6.07, 6.45) is 0. The van der Waals surface area contributed by atoms with Crippen molar-refractivity contribution >= 4 is 28.7 Å². The van der Waals surface area contributed by atoms with E-state index < -0.39 is 11.8 Å². The molecule has 0 radical (unpaired) electrons. The number of carbonyl (C=O) groups is 1. The maximum absolute atomic E-state index is 13.2. The van der Waals surface area contributed by atoms with E-state index in [1.807, 2.05) is 0 Å². The lowest BCUT2D eigenvalue weighted by Crippen LogP contribution is -2.09. The molecule has 0 saturated carbocycles. The maximum atomic E-state index is 13.2. The molecule has 0 spiro atoms. The van der Waals surface area contributed by atoms with Gasteiger partial charge in [0.2, 0.25) is 0 Å². The van der Waals surface area contributed by atoms with Crippen LogP contribution in [0.5, 0.6) is 0 Å². The van der Waals surface area contributed by atoms with Crippen molar-refractivity contribution in [1.29, 1.82) is 0 Å². The van der Waals surface area contributed by atoms with E-state index in [0.29, 0.717) is 22.4 Å². The summed E-state index contributed by atoms with van der Waals surface area (Å²) in [5.74, 6) is -0.856. The van der Waals surface area contributed by atoms with Crippen LogP contribution in [0, 0.1) is 12.7 Å². The zero-order valence-corrected chi connectivity index (χ0v) is 11.8. The number of aromatic carboxylic acids is 1. The Balaban J connectivity index is 2.11. The van der Waals surface area contributed by atoms with Gasteiger partial charge in [-0.2, -0.15) is 0 Å². The minimum atomic E-state index is -1.05. The van der Waals surface area contributed by atoms with Gasteiger partial charge in [0, 0.05) is 18.7 Å². The van der Waals surface area contributed by atoms with Gasteiger partial charge in [-0.05, 0) is 24.6 Å². The molecule has 1 N–H and O–H groups in total. The van der Waals surface area contributed by atoms with E-state index in [0.717, 1.165) is 0 Å². The summed E-state index contributed by atoms with van der Waals surface area (Å²) in [5.41, 5.74) is 2.02. The highest BCUT2D eigenvalue weighted by Crippen LogP contribution is 2.26. The Hall–Kier alpha value is -2.27. The Morgan fingerprint density at radius 2 is 2.14 bits per heavy atom. The fraction of sp³-hybridized carbons (Fsp3) is 0.133. The third-order valence-electron chi connectivity index (χ3n) is 3.26. The lowest BCUT2D eigenvalue weighted by molar-refractivity contribution is 0.0686. The second kappa shape index (κ2) is 4.93. The van der Waals surface area contributed by atoms with Crippen molar-refractivity contribution in [3.8, 4) is 0 Å². The number of hydrogen-bond donors (Lipinski definition) is 1. The Labute approximate surface area is 124 Å². The van der Waals surface area contributed by atoms with E-state index in [1.54, 1.807) is 23.6 Å². The molecule has 0 atom stereocenters. The number of rotatable bonds is 3. The topological polar surface area (TPSA) is 55.4 Å². The van der Waals surface area contributed by atoms with Crippen LogP contribution in [0.4, 0.5) is 4.39 Å². The summed E-state index contributed by atoms with van der Waals surface area (Å²) >= 11 is 5.76. The largest absolute Gasteiger partial charge is 0.477 e. The number of nitrogens with zero attached hydrogens (tertiary/aromatic N) is 1. The molecular weight excluding hydrogens is 297 g/mol. The van der Waals surface area contributed by atoms with Crippen LogP contribution in [0.15, 0.2) is 34.7 Å². The molecule has 0 bridgehead atoms. The molecule has 4 nitrogen and oxygen atoms in total. The average molecular weight is 308 g/mol. The second-order valence-corrected chi connectivity index (χ2v) is 5.18. The number of furan rings is 1. The first-order chi connectivity index (χ1) is 9.95. The summed E-state index contributed by atoms with van der Waals surface area (Å²) in [4.78, 5) is 11.3. The monoisotopic (exact) mass is 307 g/mol. The third-order valence-corrected chi connectivity index (χ3v) is 3.55. The Morgan fingerprint density at radius 3 is 2.81 bits per heavy atom. The van der Waals surface area contributed by atoms with Crippen molar-refractivity contribution in [3.63, 3.8) is 0 Å². The predicted molar refractivity (Wildman–Crippen MR) is 76.4 cm³/mol. The van der Waals surface area contributed by atoms with Crippen molar-refractivity contribution in [1.82, 2.24) is 4.57 Å². The SMILES string of the molecule is Cc1cc2c(cc(C(=O)O)n2Cc2ccc(F)c(Cl)c2)o1. The van der Waals surface area contributed by atoms with Crippen LogP contribution in [0.3, 0.4) is 0 Å². The Morgan fingerprint density at radius 1 is 1.38 bits per heavy atom. The van der Waals surface area contributed by atoms with Crippen LogP contribution >= 0.6 is 11.6 Å². The van der Waals surface area contributed by atoms with E-state index in [-0.39, 0.29) is 17.3 Å². The minimum absolute atomic E-state index is 0.0103. The molecule has 0 unspecified atom stereocenters. The minimum Gasteiger partial charge on any atom is -0.477 e. The molecule has 1 aromatic carbocycles. The standard InChI is InChI=1S/C15H11ClFNO3/c1-8-4-12-14(21-8)6-13(15(19)20)18(12)7-9-2-3-11(17)10(16)5-9/h2-6H,7H2,1H3,(H,19,20). The summed E-state index contributed by atoms with van der Waals surface area (Å²) < 4.78 is 20.3. The van der Waals surface area contributed by atoms with Gasteiger partial charge in [0.25, 0.3) is 0 Å². The highest BCUT2D eigenvalue weighted by atomic mass is 35.5. The summed E-state index contributed by atoms with van der Waals surface area (Å²) in [7, 11) is 0. The van der Waals surface area contributed by atoms with E-state index in [2.05, 4.69) is 0 Å². The van der Waals surface area contributed by atoms with E-state index in [4.69, 9.17) is 16.0 Å². The number of halogens is 2. The second-order valence-electron chi connectivity index (χ2n) is 4.78. The van der Waals surface area contributed by atoms with Gasteiger partial charge >= 0.3 is 5.97 Å². The number of hydrogen-bond acceptors (Lipinski definition) is 2. The van der Waals surface area contributed by atoms with Crippen LogP contribution < -0.4 is 0 Å². The fourth-order valence-corrected chi connectivity index (χ4v) is 2.54. The maximum Gasteiger partial charge on any atom is 0.352 e. The lowest BCUT2D eigenvalue weighted by atomic mass is 10.2. The molecule has 3 rings (SSSR count). The van der Waals surface area contributed by atoms with Crippen LogP contribution in [0.1, 0.15) is 21.8 Å². The Bertz CT molecular complexity index is 850. The van der Waals surface area contributed by atoms with Crippen LogP contribution in [-0.2, 0) is 6.54 Å². The molecule has 0 amide bonds. The molecule has 0 saturated heterocycles. The van der Waals surface area contributed by atoms with Crippen LogP contribution in [0.2, 0.25) is 5.02 Å². The van der Waals surface area contributed by atoms with Crippen molar-refractivity contribution in [2.45, 2.75) is 13.5 Å². The molecule has 3 aromatic rings. The van der Waals surface area contributed by atoms with Crippen molar-refractivity contribution in [2.24, 2.45) is 0 Å². The van der Waals surface area contributed by atoms with Crippen molar-refractivity contribution in [2.75, 3.05) is 0 Å². The summed E-state index contributed by atoms with van der Waals surface area (Å²) in [5, 5.41) is 9.29. The van der Waals surface area contributed by atoms with E-state index in [1.165, 1.54) is 18.2 Å². The highest BCUT2D eigenvalue weighted by molar-refractivity contribution is 6.30. The smallest absolute Gasteiger partial charge is 0.352 e. The number of carboxylic acids is 1. The van der Waals surface area contributed by atoms with E-state index >= 15 is 0 Å². The van der Waals surface area contributed by atoms with Gasteiger partial charge in [-0.25, -0.2) is 9.18 Å². The van der Waals surface area contributed by atoms with Crippen LogP contribution in [-0.4, -0.2) is 15.6 Å². The van der Waals surface area contributed by atoms with E-state index in [9.17, 15) is 14.3 Å².